The number of pyridine rings is 1. The Balaban J connectivity index is 1.69. The van der Waals surface area contributed by atoms with Crippen LogP contribution in [0.1, 0.15) is 0 Å². The number of anilines is 1. The molecule has 116 valence electrons. The number of fused-ring (bicyclic) bond motifs is 1. The van der Waals surface area contributed by atoms with Crippen molar-refractivity contribution in [3.8, 4) is 5.75 Å². The van der Waals surface area contributed by atoms with E-state index in [2.05, 4.69) is 26.2 Å². The van der Waals surface area contributed by atoms with Gasteiger partial charge in [0.05, 0.1) is 4.47 Å². The van der Waals surface area contributed by atoms with Gasteiger partial charge < -0.3 is 10.1 Å². The number of halogens is 2. The summed E-state index contributed by atoms with van der Waals surface area (Å²) in [5, 5.41) is 4.64. The Kier molecular flexibility index (Phi) is 4.52. The summed E-state index contributed by atoms with van der Waals surface area (Å²) in [6, 6.07) is 11.4. The molecule has 1 amide bonds. The molecule has 0 bridgehead atoms. The molecule has 0 aliphatic heterocycles. The summed E-state index contributed by atoms with van der Waals surface area (Å²) in [6.45, 7) is -0.175. The molecule has 0 spiro atoms. The zero-order chi connectivity index (χ0) is 16.2. The highest BCUT2D eigenvalue weighted by Crippen LogP contribution is 2.26. The first kappa shape index (κ1) is 15.4. The predicted octanol–water partition coefficient (Wildman–Crippen LogP) is 4.15. The van der Waals surface area contributed by atoms with Crippen LogP contribution in [0, 0.1) is 5.82 Å². The van der Waals surface area contributed by atoms with Gasteiger partial charge in [-0.2, -0.15) is 0 Å². The molecule has 0 radical (unpaired) electrons. The van der Waals surface area contributed by atoms with Crippen molar-refractivity contribution < 1.29 is 13.9 Å². The second-order valence-corrected chi connectivity index (χ2v) is 5.67. The highest BCUT2D eigenvalue weighted by Gasteiger charge is 2.08. The molecule has 1 heterocycles. The predicted molar refractivity (Wildman–Crippen MR) is 90.0 cm³/mol. The Morgan fingerprint density at radius 2 is 2.13 bits per heavy atom. The first-order valence-corrected chi connectivity index (χ1v) is 7.63. The standard InChI is InChI=1S/C17H12BrFN2O2/c18-14-8-12(19)4-5-16(14)23-10-17(22)21-15-3-1-2-11-9-20-7-6-13(11)15/h1-9H,10H2,(H,21,22). The molecule has 0 atom stereocenters. The van der Waals surface area contributed by atoms with Crippen LogP contribution in [0.5, 0.6) is 5.75 Å². The minimum Gasteiger partial charge on any atom is -0.483 e. The van der Waals surface area contributed by atoms with Crippen molar-refractivity contribution in [3.05, 3.63) is 65.1 Å². The lowest BCUT2D eigenvalue weighted by molar-refractivity contribution is -0.118. The van der Waals surface area contributed by atoms with Crippen molar-refractivity contribution in [2.75, 3.05) is 11.9 Å². The van der Waals surface area contributed by atoms with Gasteiger partial charge in [0.1, 0.15) is 11.6 Å². The molecule has 6 heteroatoms. The third kappa shape index (κ3) is 3.65. The molecule has 0 fully saturated rings. The number of carbonyl (C=O) groups excluding carboxylic acids is 1. The summed E-state index contributed by atoms with van der Waals surface area (Å²) in [7, 11) is 0. The molecule has 0 unspecified atom stereocenters. The molecule has 4 nitrogen and oxygen atoms in total. The zero-order valence-electron chi connectivity index (χ0n) is 11.9. The number of nitrogens with one attached hydrogen (secondary N) is 1. The van der Waals surface area contributed by atoms with Crippen LogP contribution in [-0.2, 0) is 4.79 Å². The Morgan fingerprint density at radius 3 is 2.96 bits per heavy atom. The lowest BCUT2D eigenvalue weighted by Gasteiger charge is -2.10. The first-order valence-electron chi connectivity index (χ1n) is 6.84. The SMILES string of the molecule is O=C(COc1ccc(F)cc1Br)Nc1cccc2cnccc12. The number of amides is 1. The summed E-state index contributed by atoms with van der Waals surface area (Å²) >= 11 is 3.19. The van der Waals surface area contributed by atoms with Crippen molar-refractivity contribution in [1.82, 2.24) is 4.98 Å². The molecule has 23 heavy (non-hydrogen) atoms. The Hall–Kier alpha value is -2.47. The maximum atomic E-state index is 13.0. The minimum atomic E-state index is -0.377. The van der Waals surface area contributed by atoms with Crippen LogP contribution in [0.25, 0.3) is 10.8 Å². The second-order valence-electron chi connectivity index (χ2n) is 4.81. The van der Waals surface area contributed by atoms with E-state index < -0.39 is 0 Å². The monoisotopic (exact) mass is 374 g/mol. The second kappa shape index (κ2) is 6.75. The quantitative estimate of drug-likeness (QED) is 0.745. The van der Waals surface area contributed by atoms with E-state index in [-0.39, 0.29) is 18.3 Å². The number of ether oxygens (including phenoxy) is 1. The van der Waals surface area contributed by atoms with Crippen molar-refractivity contribution >= 4 is 38.3 Å². The molecule has 0 saturated carbocycles. The smallest absolute Gasteiger partial charge is 0.262 e. The molecule has 1 aromatic heterocycles. The molecular formula is C17H12BrFN2O2. The normalized spacial score (nSPS) is 10.5. The number of hydrogen-bond acceptors (Lipinski definition) is 3. The van der Waals surface area contributed by atoms with Crippen LogP contribution in [0.2, 0.25) is 0 Å². The maximum absolute atomic E-state index is 13.0. The average Bonchev–Trinajstić information content (AvgIpc) is 2.54. The van der Waals surface area contributed by atoms with Crippen molar-refractivity contribution in [2.45, 2.75) is 0 Å². The molecule has 0 aliphatic rings. The number of aromatic nitrogens is 1. The van der Waals surface area contributed by atoms with Crippen molar-refractivity contribution in [1.29, 1.82) is 0 Å². The maximum Gasteiger partial charge on any atom is 0.262 e. The van der Waals surface area contributed by atoms with E-state index in [0.29, 0.717) is 15.9 Å². The molecule has 1 N–H and O–H groups in total. The topological polar surface area (TPSA) is 51.2 Å². The zero-order valence-corrected chi connectivity index (χ0v) is 13.5. The number of benzene rings is 2. The fourth-order valence-electron chi connectivity index (χ4n) is 2.15. The van der Waals surface area contributed by atoms with Crippen molar-refractivity contribution in [3.63, 3.8) is 0 Å². The lowest BCUT2D eigenvalue weighted by Crippen LogP contribution is -2.20. The summed E-state index contributed by atoms with van der Waals surface area (Å²) < 4.78 is 18.9. The lowest BCUT2D eigenvalue weighted by atomic mass is 10.1. The van der Waals surface area contributed by atoms with E-state index in [1.165, 1.54) is 18.2 Å². The molecule has 0 saturated heterocycles. The molecule has 2 aromatic carbocycles. The van der Waals surface area contributed by atoms with Gasteiger partial charge in [0.25, 0.3) is 5.91 Å². The van der Waals surface area contributed by atoms with E-state index in [1.807, 2.05) is 24.3 Å². The van der Waals surface area contributed by atoms with E-state index in [4.69, 9.17) is 4.74 Å². The highest BCUT2D eigenvalue weighted by atomic mass is 79.9. The van der Waals surface area contributed by atoms with E-state index in [9.17, 15) is 9.18 Å². The van der Waals surface area contributed by atoms with Gasteiger partial charge in [-0.05, 0) is 46.3 Å². The average molecular weight is 375 g/mol. The summed E-state index contributed by atoms with van der Waals surface area (Å²) in [5.41, 5.74) is 0.691. The largest absolute Gasteiger partial charge is 0.483 e. The van der Waals surface area contributed by atoms with Crippen LogP contribution >= 0.6 is 15.9 Å². The fourth-order valence-corrected chi connectivity index (χ4v) is 2.62. The molecule has 3 aromatic rings. The Bertz CT molecular complexity index is 865. The summed E-state index contributed by atoms with van der Waals surface area (Å²) in [5.74, 6) is -0.271. The number of carbonyl (C=O) groups is 1. The van der Waals surface area contributed by atoms with Gasteiger partial charge in [0, 0.05) is 28.9 Å². The van der Waals surface area contributed by atoms with Gasteiger partial charge in [0.2, 0.25) is 0 Å². The molecule has 0 aliphatic carbocycles. The van der Waals surface area contributed by atoms with Crippen LogP contribution in [-0.4, -0.2) is 17.5 Å². The van der Waals surface area contributed by atoms with E-state index in [0.717, 1.165) is 10.8 Å². The molecule has 3 rings (SSSR count). The Morgan fingerprint density at radius 1 is 1.26 bits per heavy atom. The van der Waals surface area contributed by atoms with Gasteiger partial charge >= 0.3 is 0 Å². The molecular weight excluding hydrogens is 363 g/mol. The van der Waals surface area contributed by atoms with Crippen LogP contribution in [0.4, 0.5) is 10.1 Å². The van der Waals surface area contributed by atoms with E-state index >= 15 is 0 Å². The number of rotatable bonds is 4. The first-order chi connectivity index (χ1) is 11.1. The minimum absolute atomic E-state index is 0.175. The highest BCUT2D eigenvalue weighted by molar-refractivity contribution is 9.10. The third-order valence-corrected chi connectivity index (χ3v) is 3.83. The van der Waals surface area contributed by atoms with Crippen LogP contribution < -0.4 is 10.1 Å². The number of hydrogen-bond donors (Lipinski definition) is 1. The Labute approximate surface area is 140 Å². The summed E-state index contributed by atoms with van der Waals surface area (Å²) in [4.78, 5) is 16.1. The number of nitrogens with zero attached hydrogens (tertiary/aromatic N) is 1. The summed E-state index contributed by atoms with van der Waals surface area (Å²) in [6.07, 6.45) is 3.40. The fraction of sp³-hybridized carbons (Fsp3) is 0.0588. The van der Waals surface area contributed by atoms with Gasteiger partial charge in [0.15, 0.2) is 6.61 Å². The van der Waals surface area contributed by atoms with Crippen LogP contribution in [0.3, 0.4) is 0 Å². The van der Waals surface area contributed by atoms with Gasteiger partial charge in [-0.15, -0.1) is 0 Å². The third-order valence-electron chi connectivity index (χ3n) is 3.21. The van der Waals surface area contributed by atoms with Gasteiger partial charge in [-0.3, -0.25) is 9.78 Å². The van der Waals surface area contributed by atoms with Gasteiger partial charge in [-0.1, -0.05) is 12.1 Å². The van der Waals surface area contributed by atoms with Crippen LogP contribution in [0.15, 0.2) is 59.3 Å². The van der Waals surface area contributed by atoms with Crippen molar-refractivity contribution in [2.24, 2.45) is 0 Å². The van der Waals surface area contributed by atoms with Gasteiger partial charge in [-0.25, -0.2) is 4.39 Å². The van der Waals surface area contributed by atoms with E-state index in [1.54, 1.807) is 12.4 Å².